The fourth-order valence-corrected chi connectivity index (χ4v) is 4.37. The third-order valence-electron chi connectivity index (χ3n) is 5.68. The maximum absolute atomic E-state index is 13.5. The Labute approximate surface area is 185 Å². The van der Waals surface area contributed by atoms with Crippen molar-refractivity contribution in [2.24, 2.45) is 5.92 Å². The van der Waals surface area contributed by atoms with Crippen molar-refractivity contribution in [1.82, 2.24) is 9.88 Å². The van der Waals surface area contributed by atoms with E-state index in [2.05, 4.69) is 26.2 Å². The minimum absolute atomic E-state index is 0.113. The molecule has 1 fully saturated rings. The van der Waals surface area contributed by atoms with Crippen LogP contribution in [0.1, 0.15) is 18.4 Å². The number of hydrogen-bond donors (Lipinski definition) is 1. The molecule has 3 heterocycles. The summed E-state index contributed by atoms with van der Waals surface area (Å²) in [7, 11) is 0. The van der Waals surface area contributed by atoms with Gasteiger partial charge in [0.25, 0.3) is 0 Å². The lowest BCUT2D eigenvalue weighted by molar-refractivity contribution is -0.145. The number of amides is 1. The van der Waals surface area contributed by atoms with Crippen LogP contribution in [0.4, 0.5) is 34.8 Å². The number of fused-ring (bicyclic) bond motifs is 2. The predicted octanol–water partition coefficient (Wildman–Crippen LogP) is 5.05. The Morgan fingerprint density at radius 3 is 2.71 bits per heavy atom. The molecule has 0 radical (unpaired) electrons. The average Bonchev–Trinajstić information content (AvgIpc) is 2.90. The summed E-state index contributed by atoms with van der Waals surface area (Å²) in [4.78, 5) is 20.8. The smallest absolute Gasteiger partial charge is 0.319 e. The number of benzene rings is 1. The molecule has 166 valence electrons. The highest BCUT2D eigenvalue weighted by atomic mass is 79.9. The molecule has 31 heavy (non-hydrogen) atoms. The standard InChI is InChI=1S/C21H21BrF4N4O/c22-15-3-4-16-17(10-15)30(11-14-2-1-7-27-18(14)28-16)19(31)13-5-8-29(9-6-13)12-21(25,26)20(23)24/h1-4,7,10,13,20H,5-6,8-9,11-12H2,(H,27,28). The van der Waals surface area contributed by atoms with E-state index in [0.29, 0.717) is 30.9 Å². The van der Waals surface area contributed by atoms with Gasteiger partial charge in [0, 0.05) is 22.2 Å². The highest BCUT2D eigenvalue weighted by Crippen LogP contribution is 2.38. The number of carbonyl (C=O) groups excluding carboxylic acids is 1. The van der Waals surface area contributed by atoms with Crippen LogP contribution in [0.25, 0.3) is 0 Å². The molecule has 4 rings (SSSR count). The third kappa shape index (κ3) is 4.69. The molecule has 2 aliphatic heterocycles. The number of nitrogens with zero attached hydrogens (tertiary/aromatic N) is 3. The van der Waals surface area contributed by atoms with Crippen LogP contribution in [0.5, 0.6) is 0 Å². The molecule has 1 N–H and O–H groups in total. The van der Waals surface area contributed by atoms with E-state index in [-0.39, 0.29) is 24.9 Å². The normalized spacial score (nSPS) is 17.7. The molecule has 2 aliphatic rings. The highest BCUT2D eigenvalue weighted by Gasteiger charge is 2.43. The molecule has 5 nitrogen and oxygen atoms in total. The van der Waals surface area contributed by atoms with Crippen molar-refractivity contribution in [1.29, 1.82) is 0 Å². The zero-order chi connectivity index (χ0) is 22.2. The Morgan fingerprint density at radius 1 is 1.26 bits per heavy atom. The van der Waals surface area contributed by atoms with Crippen molar-refractivity contribution in [3.05, 3.63) is 46.6 Å². The first kappa shape index (κ1) is 22.0. The topological polar surface area (TPSA) is 48.5 Å². The molecule has 2 aromatic rings. The van der Waals surface area contributed by atoms with Crippen molar-refractivity contribution in [3.8, 4) is 0 Å². The molecule has 0 unspecified atom stereocenters. The SMILES string of the molecule is O=C(C1CCN(CC(F)(F)C(F)F)CC1)N1Cc2cccnc2Nc2ccc(Br)cc21. The summed E-state index contributed by atoms with van der Waals surface area (Å²) in [6.45, 7) is -0.321. The minimum Gasteiger partial charge on any atom is -0.338 e. The van der Waals surface area contributed by atoms with E-state index in [1.54, 1.807) is 17.2 Å². The first-order chi connectivity index (χ1) is 14.7. The molecule has 0 atom stereocenters. The average molecular weight is 501 g/mol. The minimum atomic E-state index is -4.05. The zero-order valence-electron chi connectivity index (χ0n) is 16.5. The van der Waals surface area contributed by atoms with Crippen LogP contribution < -0.4 is 10.2 Å². The summed E-state index contributed by atoms with van der Waals surface area (Å²) in [6.07, 6.45) is -1.34. The number of rotatable bonds is 4. The molecule has 1 aromatic carbocycles. The molecular weight excluding hydrogens is 480 g/mol. The lowest BCUT2D eigenvalue weighted by Gasteiger charge is -2.35. The second kappa shape index (κ2) is 8.74. The van der Waals surface area contributed by atoms with Gasteiger partial charge in [-0.1, -0.05) is 22.0 Å². The largest absolute Gasteiger partial charge is 0.338 e. The number of pyridine rings is 1. The lowest BCUT2D eigenvalue weighted by atomic mass is 9.94. The van der Waals surface area contributed by atoms with Crippen LogP contribution in [0.2, 0.25) is 0 Å². The van der Waals surface area contributed by atoms with Gasteiger partial charge in [-0.25, -0.2) is 13.8 Å². The summed E-state index contributed by atoms with van der Waals surface area (Å²) < 4.78 is 52.6. The number of anilines is 3. The Balaban J connectivity index is 1.53. The van der Waals surface area contributed by atoms with Crippen LogP contribution in [0, 0.1) is 5.92 Å². The van der Waals surface area contributed by atoms with E-state index in [4.69, 9.17) is 0 Å². The van der Waals surface area contributed by atoms with Crippen LogP contribution in [0.15, 0.2) is 41.0 Å². The second-order valence-corrected chi connectivity index (χ2v) is 8.75. The van der Waals surface area contributed by atoms with Gasteiger partial charge in [-0.3, -0.25) is 9.69 Å². The van der Waals surface area contributed by atoms with E-state index in [0.717, 1.165) is 15.7 Å². The van der Waals surface area contributed by atoms with Crippen molar-refractivity contribution in [3.63, 3.8) is 0 Å². The van der Waals surface area contributed by atoms with Crippen LogP contribution in [-0.4, -0.2) is 47.8 Å². The van der Waals surface area contributed by atoms with Gasteiger partial charge >= 0.3 is 12.3 Å². The Hall–Kier alpha value is -2.20. The monoisotopic (exact) mass is 500 g/mol. The number of likely N-dealkylation sites (tertiary alicyclic amines) is 1. The summed E-state index contributed by atoms with van der Waals surface area (Å²) in [5.41, 5.74) is 2.30. The van der Waals surface area contributed by atoms with Gasteiger partial charge < -0.3 is 10.2 Å². The van der Waals surface area contributed by atoms with Crippen LogP contribution in [-0.2, 0) is 11.3 Å². The van der Waals surface area contributed by atoms with Crippen molar-refractivity contribution in [2.75, 3.05) is 29.9 Å². The van der Waals surface area contributed by atoms with E-state index < -0.39 is 18.9 Å². The fraction of sp³-hybridized carbons (Fsp3) is 0.429. The number of piperidine rings is 1. The maximum atomic E-state index is 13.5. The molecule has 1 saturated heterocycles. The number of halogens is 5. The Bertz CT molecular complexity index is 966. The number of carbonyl (C=O) groups is 1. The van der Waals surface area contributed by atoms with Crippen molar-refractivity contribution in [2.45, 2.75) is 31.7 Å². The lowest BCUT2D eigenvalue weighted by Crippen LogP contribution is -2.47. The van der Waals surface area contributed by atoms with Crippen LogP contribution >= 0.6 is 15.9 Å². The quantitative estimate of drug-likeness (QED) is 0.597. The summed E-state index contributed by atoms with van der Waals surface area (Å²) in [5.74, 6) is -3.86. The van der Waals surface area contributed by atoms with E-state index in [1.165, 1.54) is 4.90 Å². The molecule has 0 aliphatic carbocycles. The zero-order valence-corrected chi connectivity index (χ0v) is 18.1. The van der Waals surface area contributed by atoms with Gasteiger partial charge in [0.15, 0.2) is 0 Å². The first-order valence-electron chi connectivity index (χ1n) is 9.95. The van der Waals surface area contributed by atoms with Gasteiger partial charge in [0.2, 0.25) is 5.91 Å². The molecular formula is C21H21BrF4N4O. The Kier molecular flexibility index (Phi) is 6.20. The number of aromatic nitrogens is 1. The molecule has 1 aromatic heterocycles. The number of alkyl halides is 4. The molecule has 10 heteroatoms. The van der Waals surface area contributed by atoms with E-state index in [1.807, 2.05) is 24.3 Å². The molecule has 0 spiro atoms. The molecule has 0 saturated carbocycles. The van der Waals surface area contributed by atoms with Gasteiger partial charge in [-0.05, 0) is 50.2 Å². The Morgan fingerprint density at radius 2 is 2.00 bits per heavy atom. The van der Waals surface area contributed by atoms with Gasteiger partial charge in [-0.2, -0.15) is 8.78 Å². The summed E-state index contributed by atoms with van der Waals surface area (Å²) >= 11 is 3.45. The van der Waals surface area contributed by atoms with Crippen molar-refractivity contribution >= 4 is 39.0 Å². The number of nitrogens with one attached hydrogen (secondary N) is 1. The van der Waals surface area contributed by atoms with Crippen LogP contribution in [0.3, 0.4) is 0 Å². The first-order valence-corrected chi connectivity index (χ1v) is 10.7. The fourth-order valence-electron chi connectivity index (χ4n) is 4.02. The summed E-state index contributed by atoms with van der Waals surface area (Å²) in [6, 6.07) is 9.27. The number of hydrogen-bond acceptors (Lipinski definition) is 4. The summed E-state index contributed by atoms with van der Waals surface area (Å²) in [5, 5.41) is 3.27. The van der Waals surface area contributed by atoms with Crippen molar-refractivity contribution < 1.29 is 22.4 Å². The predicted molar refractivity (Wildman–Crippen MR) is 113 cm³/mol. The third-order valence-corrected chi connectivity index (χ3v) is 6.17. The van der Waals surface area contributed by atoms with E-state index >= 15 is 0 Å². The van der Waals surface area contributed by atoms with E-state index in [9.17, 15) is 22.4 Å². The molecule has 1 amide bonds. The highest BCUT2D eigenvalue weighted by molar-refractivity contribution is 9.10. The second-order valence-electron chi connectivity index (χ2n) is 7.83. The van der Waals surface area contributed by atoms with Gasteiger partial charge in [0.1, 0.15) is 5.82 Å². The maximum Gasteiger partial charge on any atom is 0.319 e. The van der Waals surface area contributed by atoms with Gasteiger partial charge in [0.05, 0.1) is 24.5 Å². The van der Waals surface area contributed by atoms with Gasteiger partial charge in [-0.15, -0.1) is 0 Å². The molecule has 0 bridgehead atoms.